The number of rotatable bonds is 10. The average molecular weight is 254 g/mol. The Morgan fingerprint density at radius 3 is 1.67 bits per heavy atom. The summed E-state index contributed by atoms with van der Waals surface area (Å²) in [6.07, 6.45) is 13.6. The highest BCUT2D eigenvalue weighted by atomic mass is 16.7. The van der Waals surface area contributed by atoms with Crippen LogP contribution in [0, 0.1) is 0 Å². The van der Waals surface area contributed by atoms with E-state index in [9.17, 15) is 4.79 Å². The lowest BCUT2D eigenvalue weighted by Crippen LogP contribution is -2.09. The molecule has 0 fully saturated rings. The van der Waals surface area contributed by atoms with Crippen LogP contribution in [-0.4, -0.2) is 19.4 Å². The molecule has 0 aromatic rings. The van der Waals surface area contributed by atoms with Crippen LogP contribution in [0.2, 0.25) is 0 Å². The fourth-order valence-electron chi connectivity index (χ4n) is 1.32. The van der Waals surface area contributed by atoms with E-state index < -0.39 is 6.16 Å². The highest BCUT2D eigenvalue weighted by Gasteiger charge is 2.01. The Balaban J connectivity index is 3.27. The second kappa shape index (κ2) is 13.8. The summed E-state index contributed by atoms with van der Waals surface area (Å²) in [4.78, 5) is 11.1. The Morgan fingerprint density at radius 2 is 1.28 bits per heavy atom. The minimum absolute atomic E-state index is 0.433. The normalized spacial score (nSPS) is 11.2. The summed E-state index contributed by atoms with van der Waals surface area (Å²) in [5.41, 5.74) is 0. The van der Waals surface area contributed by atoms with Crippen molar-refractivity contribution in [2.45, 2.75) is 52.4 Å². The monoisotopic (exact) mass is 254 g/mol. The molecule has 0 N–H and O–H groups in total. The van der Waals surface area contributed by atoms with Gasteiger partial charge in [-0.25, -0.2) is 4.79 Å². The number of carbonyl (C=O) groups is 1. The first-order valence-corrected chi connectivity index (χ1v) is 6.90. The van der Waals surface area contributed by atoms with Gasteiger partial charge in [0.1, 0.15) is 0 Å². The number of hydrogen-bond donors (Lipinski definition) is 0. The smallest absolute Gasteiger partial charge is 0.434 e. The maximum absolute atomic E-state index is 11.1. The second-order valence-electron chi connectivity index (χ2n) is 3.99. The zero-order valence-corrected chi connectivity index (χ0v) is 11.7. The Morgan fingerprint density at radius 1 is 0.833 bits per heavy atom. The van der Waals surface area contributed by atoms with E-state index in [0.717, 1.165) is 38.5 Å². The van der Waals surface area contributed by atoms with Crippen molar-refractivity contribution in [3.63, 3.8) is 0 Å². The molecule has 104 valence electrons. The third-order valence-electron chi connectivity index (χ3n) is 2.27. The third kappa shape index (κ3) is 12.8. The molecule has 3 nitrogen and oxygen atoms in total. The maximum atomic E-state index is 11.1. The Bertz CT molecular complexity index is 220. The molecule has 0 saturated carbocycles. The summed E-state index contributed by atoms with van der Waals surface area (Å²) in [7, 11) is 0. The molecule has 0 aliphatic heterocycles. The van der Waals surface area contributed by atoms with Gasteiger partial charge in [0.15, 0.2) is 0 Å². The topological polar surface area (TPSA) is 35.5 Å². The van der Waals surface area contributed by atoms with Crippen LogP contribution in [0.5, 0.6) is 0 Å². The number of unbranched alkanes of at least 4 members (excludes halogenated alkanes) is 2. The summed E-state index contributed by atoms with van der Waals surface area (Å²) in [5.74, 6) is 0. The van der Waals surface area contributed by atoms with E-state index in [0.29, 0.717) is 13.2 Å². The van der Waals surface area contributed by atoms with Crippen LogP contribution >= 0.6 is 0 Å². The molecule has 0 aromatic heterocycles. The van der Waals surface area contributed by atoms with E-state index in [1.807, 2.05) is 0 Å². The van der Waals surface area contributed by atoms with Crippen LogP contribution in [0.1, 0.15) is 52.4 Å². The van der Waals surface area contributed by atoms with E-state index in [1.165, 1.54) is 0 Å². The van der Waals surface area contributed by atoms with Crippen molar-refractivity contribution in [3.8, 4) is 0 Å². The van der Waals surface area contributed by atoms with Crippen molar-refractivity contribution in [2.24, 2.45) is 0 Å². The first-order chi connectivity index (χ1) is 8.81. The van der Waals surface area contributed by atoms with Gasteiger partial charge < -0.3 is 9.47 Å². The van der Waals surface area contributed by atoms with Gasteiger partial charge in [-0.15, -0.1) is 0 Å². The molecule has 0 unspecified atom stereocenters. The van der Waals surface area contributed by atoms with Crippen molar-refractivity contribution in [1.29, 1.82) is 0 Å². The van der Waals surface area contributed by atoms with Crippen LogP contribution in [0.25, 0.3) is 0 Å². The highest BCUT2D eigenvalue weighted by molar-refractivity contribution is 5.59. The average Bonchev–Trinajstić information content (AvgIpc) is 2.38. The van der Waals surface area contributed by atoms with Crippen LogP contribution < -0.4 is 0 Å². The van der Waals surface area contributed by atoms with E-state index in [4.69, 9.17) is 9.47 Å². The quantitative estimate of drug-likeness (QED) is 0.324. The molecule has 0 aliphatic rings. The van der Waals surface area contributed by atoms with E-state index in [1.54, 1.807) is 0 Å². The standard InChI is InChI=1S/C15H26O3/c1-3-5-7-9-11-13-17-15(16)18-14-12-10-8-6-4-2/h5-8H,3-4,9-14H2,1-2H3/b7-5+,8-6+. The Hall–Kier alpha value is -1.25. The van der Waals surface area contributed by atoms with E-state index in [-0.39, 0.29) is 0 Å². The fourth-order valence-corrected chi connectivity index (χ4v) is 1.32. The summed E-state index contributed by atoms with van der Waals surface area (Å²) >= 11 is 0. The molecule has 3 heteroatoms. The van der Waals surface area contributed by atoms with E-state index >= 15 is 0 Å². The second-order valence-corrected chi connectivity index (χ2v) is 3.99. The molecule has 0 heterocycles. The first kappa shape index (κ1) is 16.8. The zero-order chi connectivity index (χ0) is 13.5. The predicted molar refractivity (Wildman–Crippen MR) is 74.6 cm³/mol. The van der Waals surface area contributed by atoms with Crippen LogP contribution in [0.4, 0.5) is 4.79 Å². The number of allylic oxidation sites excluding steroid dienone is 4. The Kier molecular flexibility index (Phi) is 12.9. The summed E-state index contributed by atoms with van der Waals surface area (Å²) in [5, 5.41) is 0. The van der Waals surface area contributed by atoms with Crippen LogP contribution in [-0.2, 0) is 9.47 Å². The number of hydrogen-bond acceptors (Lipinski definition) is 3. The molecule has 0 atom stereocenters. The molecule has 0 rings (SSSR count). The summed E-state index contributed by atoms with van der Waals surface area (Å²) < 4.78 is 9.87. The van der Waals surface area contributed by atoms with Crippen LogP contribution in [0.3, 0.4) is 0 Å². The van der Waals surface area contributed by atoms with Gasteiger partial charge in [-0.1, -0.05) is 38.2 Å². The van der Waals surface area contributed by atoms with Crippen molar-refractivity contribution in [1.82, 2.24) is 0 Å². The molecular formula is C15H26O3. The van der Waals surface area contributed by atoms with Gasteiger partial charge in [0.25, 0.3) is 0 Å². The molecule has 0 spiro atoms. The van der Waals surface area contributed by atoms with Gasteiger partial charge >= 0.3 is 6.16 Å². The molecule has 0 amide bonds. The van der Waals surface area contributed by atoms with Gasteiger partial charge in [-0.2, -0.15) is 0 Å². The molecule has 0 aliphatic carbocycles. The van der Waals surface area contributed by atoms with Crippen molar-refractivity contribution in [3.05, 3.63) is 24.3 Å². The molecule has 0 radical (unpaired) electrons. The zero-order valence-electron chi connectivity index (χ0n) is 11.7. The van der Waals surface area contributed by atoms with Gasteiger partial charge in [0, 0.05) is 0 Å². The van der Waals surface area contributed by atoms with Crippen molar-refractivity contribution in [2.75, 3.05) is 13.2 Å². The number of carbonyl (C=O) groups excluding carboxylic acids is 1. The molecule has 0 saturated heterocycles. The highest BCUT2D eigenvalue weighted by Crippen LogP contribution is 1.98. The van der Waals surface area contributed by atoms with Crippen molar-refractivity contribution < 1.29 is 14.3 Å². The van der Waals surface area contributed by atoms with Crippen molar-refractivity contribution >= 4 is 6.16 Å². The fraction of sp³-hybridized carbons (Fsp3) is 0.667. The van der Waals surface area contributed by atoms with Gasteiger partial charge in [0.05, 0.1) is 13.2 Å². The largest absolute Gasteiger partial charge is 0.508 e. The van der Waals surface area contributed by atoms with Gasteiger partial charge in [0.2, 0.25) is 0 Å². The summed E-state index contributed by atoms with van der Waals surface area (Å²) in [6, 6.07) is 0. The predicted octanol–water partition coefficient (Wildman–Crippen LogP) is 4.63. The number of ether oxygens (including phenoxy) is 2. The minimum atomic E-state index is -0.547. The summed E-state index contributed by atoms with van der Waals surface area (Å²) in [6.45, 7) is 5.06. The van der Waals surface area contributed by atoms with Crippen LogP contribution in [0.15, 0.2) is 24.3 Å². The lowest BCUT2D eigenvalue weighted by atomic mass is 10.3. The SMILES string of the molecule is CC/C=C/CCCOC(=O)OCCC/C=C/CC. The van der Waals surface area contributed by atoms with Gasteiger partial charge in [-0.3, -0.25) is 0 Å². The first-order valence-electron chi connectivity index (χ1n) is 6.90. The Labute approximate surface area is 111 Å². The maximum Gasteiger partial charge on any atom is 0.508 e. The molecule has 18 heavy (non-hydrogen) atoms. The molecular weight excluding hydrogens is 228 g/mol. The van der Waals surface area contributed by atoms with E-state index in [2.05, 4.69) is 38.2 Å². The lowest BCUT2D eigenvalue weighted by molar-refractivity contribution is 0.0541. The molecule has 0 bridgehead atoms. The minimum Gasteiger partial charge on any atom is -0.434 e. The third-order valence-corrected chi connectivity index (χ3v) is 2.27. The lowest BCUT2D eigenvalue weighted by Gasteiger charge is -2.04. The molecule has 0 aromatic carbocycles. The van der Waals surface area contributed by atoms with Gasteiger partial charge in [-0.05, 0) is 38.5 Å².